The van der Waals surface area contributed by atoms with Crippen molar-refractivity contribution < 1.29 is 19.5 Å². The van der Waals surface area contributed by atoms with Crippen LogP contribution in [0.3, 0.4) is 0 Å². The molecule has 168 valence electrons. The largest absolute Gasteiger partial charge is 0.462 e. The number of benzene rings is 1. The highest BCUT2D eigenvalue weighted by Crippen LogP contribution is 2.54. The maximum absolute atomic E-state index is 12.9. The summed E-state index contributed by atoms with van der Waals surface area (Å²) in [4.78, 5) is 14.3. The number of ether oxygens (including phenoxy) is 1. The summed E-state index contributed by atoms with van der Waals surface area (Å²) in [6.07, 6.45) is 8.23. The summed E-state index contributed by atoms with van der Waals surface area (Å²) in [7, 11) is 0. The molecule has 1 saturated carbocycles. The third-order valence-corrected chi connectivity index (χ3v) is 8.95. The van der Waals surface area contributed by atoms with Gasteiger partial charge in [0.05, 0.1) is 25.2 Å². The highest BCUT2D eigenvalue weighted by molar-refractivity contribution is 5.75. The molecular formula is C27H38NO3+. The maximum atomic E-state index is 12.9. The molecule has 4 nitrogen and oxygen atoms in total. The Morgan fingerprint density at radius 2 is 1.90 bits per heavy atom. The lowest BCUT2D eigenvalue weighted by molar-refractivity contribution is -0.910. The van der Waals surface area contributed by atoms with Gasteiger partial charge in [0.2, 0.25) is 0 Å². The monoisotopic (exact) mass is 424 g/mol. The Hall–Kier alpha value is -1.65. The predicted molar refractivity (Wildman–Crippen MR) is 121 cm³/mol. The lowest BCUT2D eigenvalue weighted by atomic mass is 9.59. The van der Waals surface area contributed by atoms with E-state index in [-0.39, 0.29) is 23.4 Å². The van der Waals surface area contributed by atoms with Crippen molar-refractivity contribution in [1.29, 1.82) is 0 Å². The minimum Gasteiger partial charge on any atom is -0.462 e. The number of quaternary nitrogens is 1. The smallest absolute Gasteiger partial charge is 0.315 e. The molecule has 2 saturated heterocycles. The quantitative estimate of drug-likeness (QED) is 0.577. The normalized spacial score (nSPS) is 40.3. The SMILES string of the molecule is CC1=C2C[C@H]3[C@@H](C[C@@]2(C)CCC1)OC(=O)[C@@H]3C[NH+]1CCC(O)(Cc2ccccc2)CC1. The first-order valence-corrected chi connectivity index (χ1v) is 12.3. The number of fused-ring (bicyclic) bond motifs is 2. The molecule has 2 heterocycles. The van der Waals surface area contributed by atoms with Crippen LogP contribution in [0.2, 0.25) is 0 Å². The molecule has 1 aromatic carbocycles. The topological polar surface area (TPSA) is 51.0 Å². The summed E-state index contributed by atoms with van der Waals surface area (Å²) in [5.41, 5.74) is 4.04. The van der Waals surface area contributed by atoms with Crippen molar-refractivity contribution in [1.82, 2.24) is 0 Å². The molecule has 2 N–H and O–H groups in total. The number of hydrogen-bond acceptors (Lipinski definition) is 3. The average Bonchev–Trinajstić information content (AvgIpc) is 3.02. The number of esters is 1. The van der Waals surface area contributed by atoms with Gasteiger partial charge < -0.3 is 14.7 Å². The van der Waals surface area contributed by atoms with E-state index >= 15 is 0 Å². The van der Waals surface area contributed by atoms with Gasteiger partial charge in [-0.2, -0.15) is 0 Å². The number of rotatable bonds is 4. The number of carbonyl (C=O) groups is 1. The van der Waals surface area contributed by atoms with E-state index in [0.717, 1.165) is 51.7 Å². The molecular weight excluding hydrogens is 386 g/mol. The average molecular weight is 425 g/mol. The lowest BCUT2D eigenvalue weighted by Crippen LogP contribution is -3.14. The number of likely N-dealkylation sites (tertiary alicyclic amines) is 1. The Kier molecular flexibility index (Phi) is 5.50. The molecule has 2 aliphatic carbocycles. The highest BCUT2D eigenvalue weighted by Gasteiger charge is 2.54. The fraction of sp³-hybridized carbons (Fsp3) is 0.667. The third kappa shape index (κ3) is 4.09. The molecule has 3 fully saturated rings. The zero-order valence-corrected chi connectivity index (χ0v) is 19.2. The van der Waals surface area contributed by atoms with Crippen molar-refractivity contribution in [3.05, 3.63) is 47.0 Å². The van der Waals surface area contributed by atoms with Crippen molar-refractivity contribution in [2.75, 3.05) is 19.6 Å². The molecule has 1 aromatic rings. The number of carbonyl (C=O) groups excluding carboxylic acids is 1. The van der Waals surface area contributed by atoms with Crippen LogP contribution < -0.4 is 4.90 Å². The molecule has 2 aliphatic heterocycles. The number of aliphatic hydroxyl groups is 1. The Labute approximate surface area is 186 Å². The fourth-order valence-electron chi connectivity index (χ4n) is 7.08. The molecule has 5 rings (SSSR count). The summed E-state index contributed by atoms with van der Waals surface area (Å²) < 4.78 is 5.96. The van der Waals surface area contributed by atoms with Crippen LogP contribution in [0, 0.1) is 17.3 Å². The predicted octanol–water partition coefficient (Wildman–Crippen LogP) is 3.10. The first kappa shape index (κ1) is 21.2. The van der Waals surface area contributed by atoms with Crippen LogP contribution in [0.15, 0.2) is 41.5 Å². The van der Waals surface area contributed by atoms with Crippen molar-refractivity contribution >= 4 is 5.97 Å². The van der Waals surface area contributed by atoms with Crippen LogP contribution in [0.5, 0.6) is 0 Å². The van der Waals surface area contributed by atoms with Crippen LogP contribution in [0.4, 0.5) is 0 Å². The van der Waals surface area contributed by atoms with Crippen molar-refractivity contribution in [2.24, 2.45) is 17.3 Å². The van der Waals surface area contributed by atoms with E-state index in [9.17, 15) is 9.90 Å². The molecule has 31 heavy (non-hydrogen) atoms. The second kappa shape index (κ2) is 8.04. The van der Waals surface area contributed by atoms with Gasteiger partial charge in [0.15, 0.2) is 0 Å². The van der Waals surface area contributed by atoms with Gasteiger partial charge in [-0.15, -0.1) is 0 Å². The molecule has 4 heteroatoms. The van der Waals surface area contributed by atoms with Gasteiger partial charge >= 0.3 is 5.97 Å². The van der Waals surface area contributed by atoms with Crippen LogP contribution in [-0.4, -0.2) is 42.4 Å². The molecule has 0 unspecified atom stereocenters. The van der Waals surface area contributed by atoms with E-state index in [4.69, 9.17) is 4.74 Å². The maximum Gasteiger partial charge on any atom is 0.315 e. The van der Waals surface area contributed by atoms with E-state index in [2.05, 4.69) is 26.0 Å². The van der Waals surface area contributed by atoms with Crippen molar-refractivity contribution in [3.8, 4) is 0 Å². The van der Waals surface area contributed by atoms with Gasteiger partial charge in [-0.25, -0.2) is 0 Å². The molecule has 0 amide bonds. The molecule has 0 bridgehead atoms. The highest BCUT2D eigenvalue weighted by atomic mass is 16.6. The Balaban J connectivity index is 1.22. The second-order valence-corrected chi connectivity index (χ2v) is 11.2. The Morgan fingerprint density at radius 3 is 2.65 bits per heavy atom. The fourth-order valence-corrected chi connectivity index (χ4v) is 7.08. The van der Waals surface area contributed by atoms with Crippen LogP contribution in [0.25, 0.3) is 0 Å². The van der Waals surface area contributed by atoms with Crippen LogP contribution in [0.1, 0.15) is 64.4 Å². The van der Waals surface area contributed by atoms with Gasteiger partial charge in [-0.3, -0.25) is 4.79 Å². The van der Waals surface area contributed by atoms with E-state index in [0.29, 0.717) is 5.92 Å². The van der Waals surface area contributed by atoms with E-state index in [1.807, 2.05) is 18.2 Å². The van der Waals surface area contributed by atoms with Gasteiger partial charge in [0, 0.05) is 25.2 Å². The van der Waals surface area contributed by atoms with Crippen molar-refractivity contribution in [2.45, 2.75) is 76.9 Å². The summed E-state index contributed by atoms with van der Waals surface area (Å²) in [6, 6.07) is 10.3. The van der Waals surface area contributed by atoms with Crippen LogP contribution in [-0.2, 0) is 16.0 Å². The number of piperidine rings is 1. The molecule has 0 aromatic heterocycles. The van der Waals surface area contributed by atoms with Gasteiger partial charge in [-0.1, -0.05) is 48.4 Å². The van der Waals surface area contributed by atoms with Crippen LogP contribution >= 0.6 is 0 Å². The van der Waals surface area contributed by atoms with Gasteiger partial charge in [-0.05, 0) is 50.0 Å². The van der Waals surface area contributed by atoms with E-state index in [1.165, 1.54) is 29.7 Å². The summed E-state index contributed by atoms with van der Waals surface area (Å²) >= 11 is 0. The lowest BCUT2D eigenvalue weighted by Gasteiger charge is -2.46. The first-order valence-electron chi connectivity index (χ1n) is 12.3. The number of hydrogen-bond donors (Lipinski definition) is 2. The Morgan fingerprint density at radius 1 is 1.16 bits per heavy atom. The molecule has 4 aliphatic rings. The third-order valence-electron chi connectivity index (χ3n) is 8.95. The minimum absolute atomic E-state index is 0.0205. The Bertz CT molecular complexity index is 854. The zero-order valence-electron chi connectivity index (χ0n) is 19.2. The van der Waals surface area contributed by atoms with Gasteiger partial charge in [0.1, 0.15) is 12.0 Å². The molecule has 0 spiro atoms. The second-order valence-electron chi connectivity index (χ2n) is 11.2. The van der Waals surface area contributed by atoms with E-state index < -0.39 is 5.60 Å². The first-order chi connectivity index (χ1) is 14.9. The number of nitrogens with one attached hydrogen (secondary N) is 1. The summed E-state index contributed by atoms with van der Waals surface area (Å²) in [5, 5.41) is 11.1. The molecule has 0 radical (unpaired) electrons. The van der Waals surface area contributed by atoms with Gasteiger partial charge in [0.25, 0.3) is 0 Å². The summed E-state index contributed by atoms with van der Waals surface area (Å²) in [5.74, 6) is 0.404. The van der Waals surface area contributed by atoms with Crippen molar-refractivity contribution in [3.63, 3.8) is 0 Å². The number of allylic oxidation sites excluding steroid dienone is 2. The molecule has 4 atom stereocenters. The minimum atomic E-state index is -0.611. The zero-order chi connectivity index (χ0) is 21.6. The van der Waals surface area contributed by atoms with E-state index in [1.54, 1.807) is 11.1 Å². The summed E-state index contributed by atoms with van der Waals surface area (Å²) in [6.45, 7) is 7.44. The standard InChI is InChI=1S/C27H37NO3/c1-19-7-6-10-26(2)17-24-21(15-23(19)26)22(25(29)31-24)18-28-13-11-27(30,12-14-28)16-20-8-4-3-5-9-20/h3-5,8-9,21-22,24,30H,6-7,10-18H2,1-2H3/p+1/t21-,22-,24-,26-/m1/s1.